The fourth-order valence-corrected chi connectivity index (χ4v) is 7.82. The minimum atomic E-state index is -0.923. The number of esters is 2. The van der Waals surface area contributed by atoms with E-state index in [1.54, 1.807) is 0 Å². The summed E-state index contributed by atoms with van der Waals surface area (Å²) in [5, 5.41) is 21.0. The van der Waals surface area contributed by atoms with E-state index in [-0.39, 0.29) is 35.9 Å². The highest BCUT2D eigenvalue weighted by atomic mass is 16.7. The van der Waals surface area contributed by atoms with Gasteiger partial charge in [0.15, 0.2) is 12.6 Å². The highest BCUT2D eigenvalue weighted by Crippen LogP contribution is 2.70. The van der Waals surface area contributed by atoms with Crippen LogP contribution in [0.25, 0.3) is 0 Å². The van der Waals surface area contributed by atoms with Gasteiger partial charge in [0.1, 0.15) is 18.3 Å². The van der Waals surface area contributed by atoms with Gasteiger partial charge in [0.2, 0.25) is 0 Å². The van der Waals surface area contributed by atoms with E-state index in [1.807, 2.05) is 0 Å². The van der Waals surface area contributed by atoms with E-state index in [9.17, 15) is 19.8 Å². The lowest BCUT2D eigenvalue weighted by Gasteiger charge is -2.64. The Kier molecular flexibility index (Phi) is 5.61. The smallest absolute Gasteiger partial charge is 0.302 e. The molecule has 5 fully saturated rings. The molecule has 0 aromatic rings. The van der Waals surface area contributed by atoms with Gasteiger partial charge in [-0.25, -0.2) is 0 Å². The molecule has 0 unspecified atom stereocenters. The van der Waals surface area contributed by atoms with Crippen LogP contribution in [0.2, 0.25) is 0 Å². The molecule has 5 rings (SSSR count). The molecule has 0 radical (unpaired) electrons. The number of hydrogen-bond donors (Lipinski definition) is 2. The summed E-state index contributed by atoms with van der Waals surface area (Å²) in [6.45, 7) is 7.46. The maximum absolute atomic E-state index is 12.2. The summed E-state index contributed by atoms with van der Waals surface area (Å²) < 4.78 is 29.6. The van der Waals surface area contributed by atoms with Gasteiger partial charge in [-0.3, -0.25) is 9.59 Å². The molecule has 1 spiro atoms. The number of aliphatic hydroxyl groups excluding tert-OH is 2. The predicted molar refractivity (Wildman–Crippen MR) is 112 cm³/mol. The van der Waals surface area contributed by atoms with Crippen LogP contribution in [0.15, 0.2) is 0 Å². The first-order valence-corrected chi connectivity index (χ1v) is 12.2. The van der Waals surface area contributed by atoms with Gasteiger partial charge in [-0.1, -0.05) is 13.8 Å². The number of epoxide rings is 1. The zero-order valence-electron chi connectivity index (χ0n) is 19.8. The standard InChI is InChI=1S/C24H36O9/c1-12-7-19(31-14(3)26)23(10-29-13(2)25)16(5-6-17(27)24(23)11-30-24)22(12,4)18-8-15-9-20(28)33-21(15)32-18/h12,15-21,27-28H,5-11H2,1-4H3/t12-,15-,16+,17+,18+,19+,20-,21+,22+,23+,24-/m1/s1. The Morgan fingerprint density at radius 1 is 1.06 bits per heavy atom. The van der Waals surface area contributed by atoms with Gasteiger partial charge in [0.05, 0.1) is 24.2 Å². The molecule has 0 aromatic heterocycles. The van der Waals surface area contributed by atoms with Crippen molar-refractivity contribution in [1.29, 1.82) is 0 Å². The summed E-state index contributed by atoms with van der Waals surface area (Å²) >= 11 is 0. The Morgan fingerprint density at radius 3 is 2.39 bits per heavy atom. The van der Waals surface area contributed by atoms with E-state index >= 15 is 0 Å². The third-order valence-electron chi connectivity index (χ3n) is 9.60. The Bertz CT molecular complexity index is 798. The van der Waals surface area contributed by atoms with E-state index in [0.717, 1.165) is 6.42 Å². The first-order chi connectivity index (χ1) is 15.5. The van der Waals surface area contributed by atoms with Crippen molar-refractivity contribution in [2.75, 3.05) is 13.2 Å². The number of carbonyl (C=O) groups excluding carboxylic acids is 2. The molecule has 33 heavy (non-hydrogen) atoms. The second-order valence-electron chi connectivity index (χ2n) is 11.1. The molecular weight excluding hydrogens is 432 g/mol. The zero-order chi connectivity index (χ0) is 23.8. The molecule has 2 N–H and O–H groups in total. The number of ether oxygens (including phenoxy) is 5. The number of fused-ring (bicyclic) bond motifs is 3. The summed E-state index contributed by atoms with van der Waals surface area (Å²) in [7, 11) is 0. The van der Waals surface area contributed by atoms with E-state index in [0.29, 0.717) is 32.3 Å². The summed E-state index contributed by atoms with van der Waals surface area (Å²) in [4.78, 5) is 24.1. The topological polar surface area (TPSA) is 124 Å². The van der Waals surface area contributed by atoms with Crippen LogP contribution in [0.3, 0.4) is 0 Å². The zero-order valence-corrected chi connectivity index (χ0v) is 19.8. The summed E-state index contributed by atoms with van der Waals surface area (Å²) in [6.07, 6.45) is 0.437. The van der Waals surface area contributed by atoms with Crippen LogP contribution in [0.5, 0.6) is 0 Å². The van der Waals surface area contributed by atoms with Crippen LogP contribution in [0.1, 0.15) is 59.8 Å². The van der Waals surface area contributed by atoms with Gasteiger partial charge in [-0.15, -0.1) is 0 Å². The monoisotopic (exact) mass is 468 g/mol. The van der Waals surface area contributed by atoms with Crippen LogP contribution in [-0.4, -0.2) is 71.9 Å². The quantitative estimate of drug-likeness (QED) is 0.467. The first-order valence-electron chi connectivity index (χ1n) is 12.2. The third kappa shape index (κ3) is 3.30. The first kappa shape index (κ1) is 23.5. The lowest BCUT2D eigenvalue weighted by Crippen LogP contribution is -2.71. The molecule has 2 saturated carbocycles. The normalized spacial score (nSPS) is 52.8. The molecule has 3 heterocycles. The lowest BCUT2D eigenvalue weighted by atomic mass is 9.42. The number of carbonyl (C=O) groups is 2. The molecule has 0 amide bonds. The van der Waals surface area contributed by atoms with Gasteiger partial charge in [0.25, 0.3) is 0 Å². The molecule has 3 saturated heterocycles. The summed E-state index contributed by atoms with van der Waals surface area (Å²) in [6, 6.07) is 0. The largest absolute Gasteiger partial charge is 0.465 e. The van der Waals surface area contributed by atoms with Crippen LogP contribution >= 0.6 is 0 Å². The van der Waals surface area contributed by atoms with Gasteiger partial charge in [-0.2, -0.15) is 0 Å². The average molecular weight is 469 g/mol. The van der Waals surface area contributed by atoms with Crippen molar-refractivity contribution in [2.24, 2.45) is 28.6 Å². The number of rotatable bonds is 4. The molecular formula is C24H36O9. The summed E-state index contributed by atoms with van der Waals surface area (Å²) in [5.41, 5.74) is -2.17. The minimum absolute atomic E-state index is 0.0130. The van der Waals surface area contributed by atoms with Crippen molar-refractivity contribution in [2.45, 2.75) is 96.3 Å². The van der Waals surface area contributed by atoms with Crippen LogP contribution < -0.4 is 0 Å². The van der Waals surface area contributed by atoms with Crippen molar-refractivity contribution in [1.82, 2.24) is 0 Å². The second kappa shape index (κ2) is 7.88. The highest BCUT2D eigenvalue weighted by molar-refractivity contribution is 5.67. The maximum Gasteiger partial charge on any atom is 0.302 e. The van der Waals surface area contributed by atoms with Crippen molar-refractivity contribution in [3.05, 3.63) is 0 Å². The van der Waals surface area contributed by atoms with E-state index in [2.05, 4.69) is 13.8 Å². The van der Waals surface area contributed by atoms with Gasteiger partial charge < -0.3 is 33.9 Å². The van der Waals surface area contributed by atoms with Crippen molar-refractivity contribution in [3.8, 4) is 0 Å². The van der Waals surface area contributed by atoms with Gasteiger partial charge >= 0.3 is 11.9 Å². The second-order valence-corrected chi connectivity index (χ2v) is 11.1. The highest BCUT2D eigenvalue weighted by Gasteiger charge is 2.79. The Balaban J connectivity index is 1.58. The van der Waals surface area contributed by atoms with Crippen molar-refractivity contribution >= 4 is 11.9 Å². The molecule has 9 nitrogen and oxygen atoms in total. The fourth-order valence-electron chi connectivity index (χ4n) is 7.82. The SMILES string of the molecule is CC(=O)OC[C@@]12[C@@H](OC(C)=O)C[C@@H](C)[C@](C)([C@@H]3C[C@@H]4C[C@H](O)O[C@@H]4O3)[C@@H]1CC[C@H](O)[C@]21CO1. The Morgan fingerprint density at radius 2 is 1.79 bits per heavy atom. The molecule has 3 aliphatic heterocycles. The van der Waals surface area contributed by atoms with Crippen molar-refractivity contribution in [3.63, 3.8) is 0 Å². The average Bonchev–Trinajstić information content (AvgIpc) is 3.32. The van der Waals surface area contributed by atoms with Crippen molar-refractivity contribution < 1.29 is 43.5 Å². The van der Waals surface area contributed by atoms with Crippen LogP contribution in [0, 0.1) is 28.6 Å². The van der Waals surface area contributed by atoms with Gasteiger partial charge in [-0.05, 0) is 37.5 Å². The van der Waals surface area contributed by atoms with Gasteiger partial charge in [0, 0.05) is 31.6 Å². The number of hydrogen-bond acceptors (Lipinski definition) is 9. The summed E-state index contributed by atoms with van der Waals surface area (Å²) in [5.74, 6) is -0.658. The van der Waals surface area contributed by atoms with Crippen LogP contribution in [0.4, 0.5) is 0 Å². The molecule has 5 aliphatic rings. The molecule has 0 aromatic carbocycles. The minimum Gasteiger partial charge on any atom is -0.465 e. The lowest BCUT2D eigenvalue weighted by molar-refractivity contribution is -0.274. The maximum atomic E-state index is 12.2. The Hall–Kier alpha value is -1.26. The number of aliphatic hydroxyl groups is 2. The third-order valence-corrected chi connectivity index (χ3v) is 9.60. The molecule has 186 valence electrons. The van der Waals surface area contributed by atoms with Crippen LogP contribution in [-0.2, 0) is 33.3 Å². The Labute approximate surface area is 194 Å². The molecule has 11 atom stereocenters. The fraction of sp³-hybridized carbons (Fsp3) is 0.917. The van der Waals surface area contributed by atoms with E-state index < -0.39 is 47.7 Å². The molecule has 9 heteroatoms. The molecule has 2 aliphatic carbocycles. The van der Waals surface area contributed by atoms with E-state index in [1.165, 1.54) is 13.8 Å². The van der Waals surface area contributed by atoms with E-state index in [4.69, 9.17) is 23.7 Å². The predicted octanol–water partition coefficient (Wildman–Crippen LogP) is 1.52. The molecule has 0 bridgehead atoms.